The van der Waals surface area contributed by atoms with E-state index in [1.54, 1.807) is 0 Å². The number of hydrogen-bond acceptors (Lipinski definition) is 3. The number of benzene rings is 2. The van der Waals surface area contributed by atoms with E-state index in [0.717, 1.165) is 36.1 Å². The van der Waals surface area contributed by atoms with Gasteiger partial charge in [-0.1, -0.05) is 36.4 Å². The van der Waals surface area contributed by atoms with Crippen molar-refractivity contribution < 1.29 is 14.3 Å². The third-order valence-corrected chi connectivity index (χ3v) is 5.76. The standard InChI is InChI=1S/C22H25N3O3/c1-22-10-16(11-22)13-25(22)21(27)24-12-15-2-4-17(5-3-15)18-6-8-19(9-7-18)28-14-20(23)26/h2-9,16H,10-14H2,1H3,(H2,23,26)(H,24,27). The van der Waals surface area contributed by atoms with E-state index in [4.69, 9.17) is 10.5 Å². The van der Waals surface area contributed by atoms with Gasteiger partial charge < -0.3 is 20.7 Å². The SMILES string of the molecule is CC12CC(CN1C(=O)NCc1ccc(-c3ccc(OCC(N)=O)cc3)cc1)C2. The van der Waals surface area contributed by atoms with Gasteiger partial charge in [0.05, 0.1) is 0 Å². The topological polar surface area (TPSA) is 84.7 Å². The molecule has 5 rings (SSSR count). The second-order valence-electron chi connectivity index (χ2n) is 8.02. The molecule has 6 heteroatoms. The van der Waals surface area contributed by atoms with Crippen LogP contribution >= 0.6 is 0 Å². The first kappa shape index (κ1) is 18.3. The van der Waals surface area contributed by atoms with E-state index in [1.165, 1.54) is 0 Å². The maximum atomic E-state index is 12.5. The summed E-state index contributed by atoms with van der Waals surface area (Å²) in [6.07, 6.45) is 2.28. The maximum Gasteiger partial charge on any atom is 0.318 e. The Bertz CT molecular complexity index is 871. The summed E-state index contributed by atoms with van der Waals surface area (Å²) in [6.45, 7) is 3.46. The molecule has 0 aromatic heterocycles. The molecule has 3 amide bonds. The van der Waals surface area contributed by atoms with Crippen LogP contribution in [0.1, 0.15) is 25.3 Å². The van der Waals surface area contributed by atoms with E-state index in [-0.39, 0.29) is 18.2 Å². The molecular weight excluding hydrogens is 354 g/mol. The molecule has 2 heterocycles. The Kier molecular flexibility index (Phi) is 4.71. The predicted molar refractivity (Wildman–Crippen MR) is 107 cm³/mol. The summed E-state index contributed by atoms with van der Waals surface area (Å²) in [7, 11) is 0. The number of primary amides is 1. The van der Waals surface area contributed by atoms with Crippen molar-refractivity contribution in [2.24, 2.45) is 11.7 Å². The van der Waals surface area contributed by atoms with E-state index >= 15 is 0 Å². The predicted octanol–water partition coefficient (Wildman–Crippen LogP) is 2.91. The number of urea groups is 1. The molecule has 3 N–H and O–H groups in total. The van der Waals surface area contributed by atoms with Crippen LogP contribution in [-0.4, -0.2) is 35.5 Å². The molecule has 3 fully saturated rings. The molecule has 146 valence electrons. The number of hydrogen-bond donors (Lipinski definition) is 2. The van der Waals surface area contributed by atoms with Crippen molar-refractivity contribution in [1.82, 2.24) is 10.2 Å². The normalized spacial score (nSPS) is 22.5. The zero-order chi connectivity index (χ0) is 19.7. The second kappa shape index (κ2) is 7.19. The minimum Gasteiger partial charge on any atom is -0.484 e. The van der Waals surface area contributed by atoms with E-state index in [9.17, 15) is 9.59 Å². The lowest BCUT2D eigenvalue weighted by molar-refractivity contribution is -0.119. The van der Waals surface area contributed by atoms with Crippen LogP contribution in [-0.2, 0) is 11.3 Å². The van der Waals surface area contributed by atoms with Gasteiger partial charge in [-0.3, -0.25) is 4.79 Å². The van der Waals surface area contributed by atoms with E-state index < -0.39 is 5.91 Å². The summed E-state index contributed by atoms with van der Waals surface area (Å²) in [5, 5.41) is 3.05. The molecular formula is C22H25N3O3. The zero-order valence-corrected chi connectivity index (χ0v) is 16.0. The number of ether oxygens (including phenoxy) is 1. The lowest BCUT2D eigenvalue weighted by atomic mass is 9.75. The van der Waals surface area contributed by atoms with Crippen LogP contribution in [0.4, 0.5) is 4.79 Å². The minimum absolute atomic E-state index is 0.0399. The number of nitrogens with one attached hydrogen (secondary N) is 1. The van der Waals surface area contributed by atoms with E-state index in [2.05, 4.69) is 12.2 Å². The maximum absolute atomic E-state index is 12.5. The number of carbonyl (C=O) groups excluding carboxylic acids is 2. The molecule has 2 aromatic carbocycles. The lowest BCUT2D eigenvalue weighted by Crippen LogP contribution is -2.49. The average molecular weight is 379 g/mol. The highest BCUT2D eigenvalue weighted by Gasteiger charge is 2.54. The van der Waals surface area contributed by atoms with Crippen LogP contribution in [0.25, 0.3) is 11.1 Å². The molecule has 2 aliphatic heterocycles. The van der Waals surface area contributed by atoms with Crippen molar-refractivity contribution in [3.05, 3.63) is 54.1 Å². The van der Waals surface area contributed by atoms with Gasteiger partial charge in [-0.25, -0.2) is 4.79 Å². The van der Waals surface area contributed by atoms with Gasteiger partial charge in [0.2, 0.25) is 0 Å². The van der Waals surface area contributed by atoms with Crippen LogP contribution < -0.4 is 15.8 Å². The van der Waals surface area contributed by atoms with Gasteiger partial charge >= 0.3 is 6.03 Å². The van der Waals surface area contributed by atoms with Crippen molar-refractivity contribution in [2.45, 2.75) is 31.8 Å². The lowest BCUT2D eigenvalue weighted by Gasteiger charge is -2.38. The molecule has 2 aromatic rings. The summed E-state index contributed by atoms with van der Waals surface area (Å²) in [5.41, 5.74) is 8.34. The number of amides is 3. The van der Waals surface area contributed by atoms with Crippen molar-refractivity contribution in [3.63, 3.8) is 0 Å². The summed E-state index contributed by atoms with van der Waals surface area (Å²) in [5.74, 6) is 0.806. The van der Waals surface area contributed by atoms with Crippen molar-refractivity contribution in [2.75, 3.05) is 13.2 Å². The highest BCUT2D eigenvalue weighted by atomic mass is 16.5. The second-order valence-corrected chi connectivity index (χ2v) is 8.02. The molecule has 28 heavy (non-hydrogen) atoms. The number of nitrogens with two attached hydrogens (primary N) is 1. The summed E-state index contributed by atoms with van der Waals surface area (Å²) < 4.78 is 5.27. The number of nitrogens with zero attached hydrogens (tertiary/aromatic N) is 1. The van der Waals surface area contributed by atoms with Gasteiger partial charge in [-0.15, -0.1) is 0 Å². The number of rotatable bonds is 6. The van der Waals surface area contributed by atoms with Crippen LogP contribution in [0.3, 0.4) is 0 Å². The number of fused-ring (bicyclic) bond motifs is 1. The van der Waals surface area contributed by atoms with Crippen LogP contribution in [0.2, 0.25) is 0 Å². The van der Waals surface area contributed by atoms with Gasteiger partial charge in [0, 0.05) is 18.6 Å². The minimum atomic E-state index is -0.498. The van der Waals surface area contributed by atoms with Gasteiger partial charge in [0.15, 0.2) is 6.61 Å². The van der Waals surface area contributed by atoms with Gasteiger partial charge in [0.25, 0.3) is 5.91 Å². The van der Waals surface area contributed by atoms with E-state index in [1.807, 2.05) is 53.4 Å². The fourth-order valence-electron chi connectivity index (χ4n) is 4.33. The molecule has 0 spiro atoms. The van der Waals surface area contributed by atoms with Gasteiger partial charge in [0.1, 0.15) is 5.75 Å². The molecule has 0 radical (unpaired) electrons. The molecule has 0 atom stereocenters. The average Bonchev–Trinajstić information content (AvgIpc) is 3.18. The monoisotopic (exact) mass is 379 g/mol. The molecule has 6 nitrogen and oxygen atoms in total. The van der Waals surface area contributed by atoms with Gasteiger partial charge in [-0.2, -0.15) is 0 Å². The Balaban J connectivity index is 1.32. The fourth-order valence-corrected chi connectivity index (χ4v) is 4.33. The Morgan fingerprint density at radius 1 is 1.11 bits per heavy atom. The van der Waals surface area contributed by atoms with Gasteiger partial charge in [-0.05, 0) is 54.5 Å². The van der Waals surface area contributed by atoms with Crippen LogP contribution in [0, 0.1) is 5.92 Å². The number of carbonyl (C=O) groups is 2. The molecule has 1 saturated carbocycles. The Morgan fingerprint density at radius 2 is 1.71 bits per heavy atom. The first-order valence-corrected chi connectivity index (χ1v) is 9.59. The first-order chi connectivity index (χ1) is 13.4. The van der Waals surface area contributed by atoms with Crippen LogP contribution in [0.15, 0.2) is 48.5 Å². The molecule has 2 saturated heterocycles. The first-order valence-electron chi connectivity index (χ1n) is 9.59. The Morgan fingerprint density at radius 3 is 2.25 bits per heavy atom. The summed E-state index contributed by atoms with van der Waals surface area (Å²) in [4.78, 5) is 25.2. The molecule has 2 bridgehead atoms. The molecule has 0 unspecified atom stereocenters. The smallest absolute Gasteiger partial charge is 0.318 e. The van der Waals surface area contributed by atoms with Crippen LogP contribution in [0.5, 0.6) is 5.75 Å². The summed E-state index contributed by atoms with van der Waals surface area (Å²) >= 11 is 0. The zero-order valence-electron chi connectivity index (χ0n) is 16.0. The third kappa shape index (κ3) is 3.67. The van der Waals surface area contributed by atoms with E-state index in [0.29, 0.717) is 18.2 Å². The van der Waals surface area contributed by atoms with Crippen molar-refractivity contribution >= 4 is 11.9 Å². The molecule has 3 aliphatic rings. The van der Waals surface area contributed by atoms with Crippen molar-refractivity contribution in [3.8, 4) is 16.9 Å². The largest absolute Gasteiger partial charge is 0.484 e. The quantitative estimate of drug-likeness (QED) is 0.809. The Hall–Kier alpha value is -3.02. The summed E-state index contributed by atoms with van der Waals surface area (Å²) in [6, 6.07) is 15.7. The Labute approximate surface area is 164 Å². The fraction of sp³-hybridized carbons (Fsp3) is 0.364. The van der Waals surface area contributed by atoms with Crippen molar-refractivity contribution in [1.29, 1.82) is 0 Å². The third-order valence-electron chi connectivity index (χ3n) is 5.76. The highest BCUT2D eigenvalue weighted by molar-refractivity contribution is 5.76. The molecule has 1 aliphatic carbocycles. The highest BCUT2D eigenvalue weighted by Crippen LogP contribution is 2.49.